The van der Waals surface area contributed by atoms with E-state index in [0.29, 0.717) is 19.3 Å². The van der Waals surface area contributed by atoms with Gasteiger partial charge in [-0.1, -0.05) is 66.0 Å². The van der Waals surface area contributed by atoms with E-state index >= 15 is 0 Å². The minimum absolute atomic E-state index is 0.0127. The third-order valence-corrected chi connectivity index (χ3v) is 6.42. The molecule has 0 radical (unpaired) electrons. The van der Waals surface area contributed by atoms with Crippen molar-refractivity contribution in [2.75, 3.05) is 6.61 Å². The van der Waals surface area contributed by atoms with Crippen LogP contribution in [0.3, 0.4) is 0 Å². The van der Waals surface area contributed by atoms with E-state index in [1.54, 1.807) is 26.8 Å². The molecule has 0 saturated heterocycles. The molecular formula is C28H44O6. The van der Waals surface area contributed by atoms with Gasteiger partial charge in [-0.15, -0.1) is 11.8 Å². The number of unbranched alkanes of at least 4 members (excludes halogenated alkanes) is 3. The maximum absolute atomic E-state index is 12.4. The summed E-state index contributed by atoms with van der Waals surface area (Å²) in [5.41, 5.74) is -0.516. The van der Waals surface area contributed by atoms with E-state index in [2.05, 4.69) is 11.8 Å². The molecule has 1 aliphatic carbocycles. The third-order valence-electron chi connectivity index (χ3n) is 6.42. The summed E-state index contributed by atoms with van der Waals surface area (Å²) in [6, 6.07) is 0. The van der Waals surface area contributed by atoms with Crippen LogP contribution in [0.1, 0.15) is 92.4 Å². The lowest BCUT2D eigenvalue weighted by Gasteiger charge is -2.19. The van der Waals surface area contributed by atoms with Gasteiger partial charge in [-0.05, 0) is 18.8 Å². The number of esters is 1. The first-order chi connectivity index (χ1) is 16.0. The van der Waals surface area contributed by atoms with Crippen LogP contribution in [-0.4, -0.2) is 46.6 Å². The zero-order chi connectivity index (χ0) is 25.7. The van der Waals surface area contributed by atoms with Gasteiger partial charge in [-0.25, -0.2) is 0 Å². The fraction of sp³-hybridized carbons (Fsp3) is 0.750. The summed E-state index contributed by atoms with van der Waals surface area (Å²) in [5.74, 6) is 5.15. The van der Waals surface area contributed by atoms with Gasteiger partial charge in [0.2, 0.25) is 0 Å². The normalized spacial score (nSPS) is 22.3. The maximum atomic E-state index is 12.4. The lowest BCUT2D eigenvalue weighted by molar-refractivity contribution is -0.150. The highest BCUT2D eigenvalue weighted by Crippen LogP contribution is 2.34. The van der Waals surface area contributed by atoms with Crippen molar-refractivity contribution in [1.29, 1.82) is 0 Å². The van der Waals surface area contributed by atoms with Crippen molar-refractivity contribution < 1.29 is 29.3 Å². The quantitative estimate of drug-likeness (QED) is 0.177. The topological polar surface area (TPSA) is 101 Å². The summed E-state index contributed by atoms with van der Waals surface area (Å²) < 4.78 is 5.05. The molecule has 5 atom stereocenters. The molecule has 1 aliphatic rings. The van der Waals surface area contributed by atoms with Gasteiger partial charge in [-0.2, -0.15) is 0 Å². The van der Waals surface area contributed by atoms with Crippen LogP contribution < -0.4 is 0 Å². The van der Waals surface area contributed by atoms with Crippen LogP contribution in [0.25, 0.3) is 0 Å². The molecule has 0 aliphatic heterocycles. The Morgan fingerprint density at radius 2 is 1.85 bits per heavy atom. The molecular weight excluding hydrogens is 432 g/mol. The summed E-state index contributed by atoms with van der Waals surface area (Å²) >= 11 is 0. The number of carbonyl (C=O) groups is 3. The van der Waals surface area contributed by atoms with Crippen molar-refractivity contribution in [1.82, 2.24) is 0 Å². The minimum Gasteiger partial charge on any atom is -0.458 e. The summed E-state index contributed by atoms with van der Waals surface area (Å²) in [7, 11) is 0. The van der Waals surface area contributed by atoms with E-state index in [0.717, 1.165) is 25.7 Å². The number of ether oxygens (including phenoxy) is 1. The van der Waals surface area contributed by atoms with Crippen molar-refractivity contribution in [2.45, 2.75) is 105 Å². The summed E-state index contributed by atoms with van der Waals surface area (Å²) in [4.78, 5) is 36.0. The van der Waals surface area contributed by atoms with Crippen molar-refractivity contribution in [3.05, 3.63) is 12.2 Å². The SMILES string of the molecule is CCC#CC[C@H](C)[C@H](O)/C=C/[C@H]1[C@H](O)CC(=O)[C@@H]1CCCCCCC(=O)OCC(=O)C(C)(C)C. The van der Waals surface area contributed by atoms with Crippen LogP contribution >= 0.6 is 0 Å². The van der Waals surface area contributed by atoms with E-state index in [1.165, 1.54) is 0 Å². The fourth-order valence-electron chi connectivity index (χ4n) is 3.92. The molecule has 2 N–H and O–H groups in total. The predicted molar refractivity (Wildman–Crippen MR) is 133 cm³/mol. The zero-order valence-electron chi connectivity index (χ0n) is 21.6. The van der Waals surface area contributed by atoms with Gasteiger partial charge < -0.3 is 14.9 Å². The van der Waals surface area contributed by atoms with Crippen LogP contribution in [0.15, 0.2) is 12.2 Å². The second-order valence-electron chi connectivity index (χ2n) is 10.5. The number of carbonyl (C=O) groups excluding carboxylic acids is 3. The van der Waals surface area contributed by atoms with Gasteiger partial charge in [0.25, 0.3) is 0 Å². The third kappa shape index (κ3) is 11.0. The molecule has 0 aromatic rings. The highest BCUT2D eigenvalue weighted by atomic mass is 16.5. The molecule has 1 fully saturated rings. The number of rotatable bonds is 13. The summed E-state index contributed by atoms with van der Waals surface area (Å²) in [6.07, 6.45) is 7.88. The van der Waals surface area contributed by atoms with Crippen LogP contribution in [-0.2, 0) is 19.1 Å². The van der Waals surface area contributed by atoms with Crippen LogP contribution in [0.2, 0.25) is 0 Å². The summed E-state index contributed by atoms with van der Waals surface area (Å²) in [6.45, 7) is 9.13. The second kappa shape index (κ2) is 15.1. The van der Waals surface area contributed by atoms with Crippen LogP contribution in [0.5, 0.6) is 0 Å². The van der Waals surface area contributed by atoms with E-state index in [1.807, 2.05) is 19.9 Å². The number of Topliss-reactive ketones (excluding diaryl/α,β-unsaturated/α-hetero) is 2. The zero-order valence-corrected chi connectivity index (χ0v) is 21.6. The number of aliphatic hydroxyl groups excluding tert-OH is 2. The van der Waals surface area contributed by atoms with E-state index in [-0.39, 0.29) is 54.7 Å². The average molecular weight is 477 g/mol. The molecule has 0 unspecified atom stereocenters. The monoisotopic (exact) mass is 476 g/mol. The van der Waals surface area contributed by atoms with Crippen molar-refractivity contribution >= 4 is 17.5 Å². The molecule has 6 nitrogen and oxygen atoms in total. The summed E-state index contributed by atoms with van der Waals surface area (Å²) in [5, 5.41) is 20.7. The fourth-order valence-corrected chi connectivity index (χ4v) is 3.92. The van der Waals surface area contributed by atoms with Crippen LogP contribution in [0, 0.1) is 35.0 Å². The van der Waals surface area contributed by atoms with E-state index < -0.39 is 17.6 Å². The smallest absolute Gasteiger partial charge is 0.306 e. The Bertz CT molecular complexity index is 751. The van der Waals surface area contributed by atoms with Gasteiger partial charge in [-0.3, -0.25) is 14.4 Å². The molecule has 0 aromatic carbocycles. The minimum atomic E-state index is -0.707. The molecule has 0 heterocycles. The number of aliphatic hydroxyl groups is 2. The first-order valence-corrected chi connectivity index (χ1v) is 12.7. The van der Waals surface area contributed by atoms with Gasteiger partial charge in [0, 0.05) is 42.9 Å². The van der Waals surface area contributed by atoms with E-state index in [9.17, 15) is 24.6 Å². The van der Waals surface area contributed by atoms with Gasteiger partial charge in [0.05, 0.1) is 12.2 Å². The lowest BCUT2D eigenvalue weighted by atomic mass is 9.88. The Balaban J connectivity index is 2.37. The predicted octanol–water partition coefficient (Wildman–Crippen LogP) is 4.41. The number of hydrogen-bond donors (Lipinski definition) is 2. The Morgan fingerprint density at radius 3 is 2.50 bits per heavy atom. The molecule has 0 spiro atoms. The number of hydrogen-bond acceptors (Lipinski definition) is 6. The highest BCUT2D eigenvalue weighted by Gasteiger charge is 2.39. The maximum Gasteiger partial charge on any atom is 0.306 e. The standard InChI is InChI=1S/C28H44O6/c1-6-7-10-13-20(2)23(29)17-16-22-21(24(30)18-25(22)31)14-11-8-9-12-15-27(33)34-19-26(32)28(3,4)5/h16-17,20-23,25,29,31H,6,8-9,11-15,18-19H2,1-5H3/b17-16+/t20-,21+,22+,23+,25+/m0/s1. The number of ketones is 2. The Hall–Kier alpha value is -1.97. The Kier molecular flexibility index (Phi) is 13.4. The largest absolute Gasteiger partial charge is 0.458 e. The van der Waals surface area contributed by atoms with Gasteiger partial charge >= 0.3 is 5.97 Å². The van der Waals surface area contributed by atoms with Gasteiger partial charge in [0.15, 0.2) is 12.4 Å². The molecule has 0 amide bonds. The molecule has 6 heteroatoms. The Morgan fingerprint density at radius 1 is 1.18 bits per heavy atom. The van der Waals surface area contributed by atoms with E-state index in [4.69, 9.17) is 4.74 Å². The molecule has 0 bridgehead atoms. The van der Waals surface area contributed by atoms with Crippen LogP contribution in [0.4, 0.5) is 0 Å². The molecule has 34 heavy (non-hydrogen) atoms. The molecule has 1 saturated carbocycles. The average Bonchev–Trinajstić information content (AvgIpc) is 3.03. The first kappa shape index (κ1) is 30.1. The first-order valence-electron chi connectivity index (χ1n) is 12.7. The molecule has 192 valence electrons. The second-order valence-corrected chi connectivity index (χ2v) is 10.5. The van der Waals surface area contributed by atoms with Gasteiger partial charge in [0.1, 0.15) is 5.78 Å². The highest BCUT2D eigenvalue weighted by molar-refractivity contribution is 5.86. The Labute approximate surface area is 205 Å². The van der Waals surface area contributed by atoms with Crippen molar-refractivity contribution in [3.8, 4) is 11.8 Å². The molecule has 0 aromatic heterocycles. The molecule has 1 rings (SSSR count). The van der Waals surface area contributed by atoms with Crippen molar-refractivity contribution in [2.24, 2.45) is 23.2 Å². The van der Waals surface area contributed by atoms with Crippen molar-refractivity contribution in [3.63, 3.8) is 0 Å². The lowest BCUT2D eigenvalue weighted by Crippen LogP contribution is -2.26.